The van der Waals surface area contributed by atoms with E-state index in [1.807, 2.05) is 13.0 Å². The van der Waals surface area contributed by atoms with Gasteiger partial charge in [-0.2, -0.15) is 0 Å². The molecule has 0 unspecified atom stereocenters. The molecule has 0 spiro atoms. The summed E-state index contributed by atoms with van der Waals surface area (Å²) in [5.41, 5.74) is 0. The molecule has 0 aromatic carbocycles. The summed E-state index contributed by atoms with van der Waals surface area (Å²) in [7, 11) is 0. The molecule has 0 rings (SSSR count). The second-order valence-corrected chi connectivity index (χ2v) is 2.55. The predicted octanol–water partition coefficient (Wildman–Crippen LogP) is 1.39. The summed E-state index contributed by atoms with van der Waals surface area (Å²) >= 11 is 5.11. The first-order chi connectivity index (χ1) is 5.26. The minimum Gasteiger partial charge on any atom is -0.363 e. The minimum atomic E-state index is 0.815. The second kappa shape index (κ2) is 6.16. The van der Waals surface area contributed by atoms with Gasteiger partial charge < -0.3 is 10.2 Å². The Labute approximate surface area is 74.3 Å². The Morgan fingerprint density at radius 1 is 1.64 bits per heavy atom. The zero-order chi connectivity index (χ0) is 8.69. The van der Waals surface area contributed by atoms with Crippen LogP contribution in [0, 0.1) is 0 Å². The summed E-state index contributed by atoms with van der Waals surface area (Å²) in [5.74, 6) is 0. The first-order valence-electron chi connectivity index (χ1n) is 3.89. The van der Waals surface area contributed by atoms with E-state index in [0.29, 0.717) is 0 Å². The maximum Gasteiger partial charge on any atom is 0.169 e. The summed E-state index contributed by atoms with van der Waals surface area (Å²) in [6.45, 7) is 10.4. The van der Waals surface area contributed by atoms with Gasteiger partial charge in [0, 0.05) is 19.6 Å². The molecular formula is C8H16N2S. The molecule has 0 radical (unpaired) electrons. The number of likely N-dealkylation sites (N-methyl/N-ethyl adjacent to an activating group) is 1. The Morgan fingerprint density at radius 3 is 2.64 bits per heavy atom. The molecule has 1 N–H and O–H groups in total. The number of hydrogen-bond acceptors (Lipinski definition) is 1. The average Bonchev–Trinajstić information content (AvgIpc) is 2.00. The van der Waals surface area contributed by atoms with Gasteiger partial charge in [0.25, 0.3) is 0 Å². The van der Waals surface area contributed by atoms with Crippen molar-refractivity contribution in [3.8, 4) is 0 Å². The van der Waals surface area contributed by atoms with Crippen LogP contribution in [-0.2, 0) is 0 Å². The van der Waals surface area contributed by atoms with Gasteiger partial charge in [0.15, 0.2) is 5.11 Å². The van der Waals surface area contributed by atoms with Crippen LogP contribution < -0.4 is 5.32 Å². The monoisotopic (exact) mass is 172 g/mol. The van der Waals surface area contributed by atoms with E-state index in [4.69, 9.17) is 12.2 Å². The van der Waals surface area contributed by atoms with Crippen LogP contribution in [0.2, 0.25) is 0 Å². The van der Waals surface area contributed by atoms with Crippen molar-refractivity contribution in [1.29, 1.82) is 0 Å². The van der Waals surface area contributed by atoms with Crippen LogP contribution in [0.3, 0.4) is 0 Å². The van der Waals surface area contributed by atoms with E-state index in [-0.39, 0.29) is 0 Å². The van der Waals surface area contributed by atoms with Gasteiger partial charge in [-0.15, -0.1) is 6.58 Å². The molecule has 0 saturated heterocycles. The normalized spacial score (nSPS) is 8.91. The zero-order valence-electron chi connectivity index (χ0n) is 7.26. The van der Waals surface area contributed by atoms with E-state index in [0.717, 1.165) is 24.7 Å². The third-order valence-corrected chi connectivity index (χ3v) is 1.75. The van der Waals surface area contributed by atoms with Gasteiger partial charge in [0.05, 0.1) is 0 Å². The van der Waals surface area contributed by atoms with E-state index >= 15 is 0 Å². The summed E-state index contributed by atoms with van der Waals surface area (Å²) in [5, 5.41) is 3.91. The molecule has 0 atom stereocenters. The van der Waals surface area contributed by atoms with Gasteiger partial charge in [0.1, 0.15) is 0 Å². The summed E-state index contributed by atoms with van der Waals surface area (Å²) in [4.78, 5) is 2.06. The molecule has 0 aromatic heterocycles. The lowest BCUT2D eigenvalue weighted by Crippen LogP contribution is -2.39. The number of hydrogen-bond donors (Lipinski definition) is 1. The first kappa shape index (κ1) is 10.4. The Bertz CT molecular complexity index is 134. The van der Waals surface area contributed by atoms with E-state index in [1.54, 1.807) is 0 Å². The van der Waals surface area contributed by atoms with Crippen molar-refractivity contribution < 1.29 is 0 Å². The van der Waals surface area contributed by atoms with Crippen LogP contribution in [0.25, 0.3) is 0 Å². The second-order valence-electron chi connectivity index (χ2n) is 2.16. The number of rotatable bonds is 4. The predicted molar refractivity (Wildman–Crippen MR) is 53.7 cm³/mol. The molecule has 0 bridgehead atoms. The molecule has 3 heteroatoms. The Kier molecular flexibility index (Phi) is 5.84. The number of nitrogens with one attached hydrogen (secondary N) is 1. The van der Waals surface area contributed by atoms with E-state index in [2.05, 4.69) is 23.7 Å². The molecule has 2 nitrogen and oxygen atoms in total. The maximum absolute atomic E-state index is 5.11. The minimum absolute atomic E-state index is 0.815. The fourth-order valence-electron chi connectivity index (χ4n) is 0.774. The van der Waals surface area contributed by atoms with Crippen molar-refractivity contribution in [2.24, 2.45) is 0 Å². The van der Waals surface area contributed by atoms with Crippen molar-refractivity contribution in [3.05, 3.63) is 12.7 Å². The van der Waals surface area contributed by atoms with Crippen LogP contribution in [0.15, 0.2) is 12.7 Å². The fourth-order valence-corrected chi connectivity index (χ4v) is 1.12. The molecule has 0 aliphatic carbocycles. The third-order valence-electron chi connectivity index (χ3n) is 1.35. The largest absolute Gasteiger partial charge is 0.363 e. The van der Waals surface area contributed by atoms with Crippen molar-refractivity contribution in [3.63, 3.8) is 0 Å². The fraction of sp³-hybridized carbons (Fsp3) is 0.625. The SMILES string of the molecule is C=CCN(CC)C(=S)NCC. The first-order valence-corrected chi connectivity index (χ1v) is 4.30. The van der Waals surface area contributed by atoms with Crippen molar-refractivity contribution in [1.82, 2.24) is 10.2 Å². The highest BCUT2D eigenvalue weighted by Crippen LogP contribution is 1.88. The molecular weight excluding hydrogens is 156 g/mol. The van der Waals surface area contributed by atoms with Crippen molar-refractivity contribution in [2.45, 2.75) is 13.8 Å². The van der Waals surface area contributed by atoms with Crippen molar-refractivity contribution >= 4 is 17.3 Å². The molecule has 11 heavy (non-hydrogen) atoms. The van der Waals surface area contributed by atoms with E-state index in [1.165, 1.54) is 0 Å². The average molecular weight is 172 g/mol. The summed E-state index contributed by atoms with van der Waals surface area (Å²) < 4.78 is 0. The molecule has 0 fully saturated rings. The number of thiocarbonyl (C=S) groups is 1. The lowest BCUT2D eigenvalue weighted by molar-refractivity contribution is 0.479. The molecule has 0 aliphatic heterocycles. The Hall–Kier alpha value is -0.570. The zero-order valence-corrected chi connectivity index (χ0v) is 8.08. The summed E-state index contributed by atoms with van der Waals surface area (Å²) in [6, 6.07) is 0. The van der Waals surface area contributed by atoms with Crippen molar-refractivity contribution in [2.75, 3.05) is 19.6 Å². The van der Waals surface area contributed by atoms with Crippen LogP contribution in [0.1, 0.15) is 13.8 Å². The van der Waals surface area contributed by atoms with E-state index in [9.17, 15) is 0 Å². The molecule has 0 saturated carbocycles. The smallest absolute Gasteiger partial charge is 0.169 e. The van der Waals surface area contributed by atoms with E-state index < -0.39 is 0 Å². The van der Waals surface area contributed by atoms with Crippen LogP contribution >= 0.6 is 12.2 Å². The van der Waals surface area contributed by atoms with Gasteiger partial charge in [-0.1, -0.05) is 6.08 Å². The van der Waals surface area contributed by atoms with Gasteiger partial charge in [-0.3, -0.25) is 0 Å². The lowest BCUT2D eigenvalue weighted by atomic mass is 10.5. The lowest BCUT2D eigenvalue weighted by Gasteiger charge is -2.21. The van der Waals surface area contributed by atoms with Crippen LogP contribution in [0.4, 0.5) is 0 Å². The molecule has 0 aliphatic rings. The molecule has 0 aromatic rings. The van der Waals surface area contributed by atoms with Gasteiger partial charge in [0.2, 0.25) is 0 Å². The number of nitrogens with zero attached hydrogens (tertiary/aromatic N) is 1. The standard InChI is InChI=1S/C8H16N2S/c1-4-7-10(6-3)8(11)9-5-2/h4H,1,5-7H2,2-3H3,(H,9,11). The maximum atomic E-state index is 5.11. The Morgan fingerprint density at radius 2 is 2.27 bits per heavy atom. The van der Waals surface area contributed by atoms with Crippen LogP contribution in [-0.4, -0.2) is 29.6 Å². The topological polar surface area (TPSA) is 15.3 Å². The highest BCUT2D eigenvalue weighted by molar-refractivity contribution is 7.80. The molecule has 0 amide bonds. The summed E-state index contributed by atoms with van der Waals surface area (Å²) in [6.07, 6.45) is 1.85. The Balaban J connectivity index is 3.80. The third kappa shape index (κ3) is 3.98. The highest BCUT2D eigenvalue weighted by atomic mass is 32.1. The van der Waals surface area contributed by atoms with Gasteiger partial charge >= 0.3 is 0 Å². The molecule has 64 valence electrons. The van der Waals surface area contributed by atoms with Crippen LogP contribution in [0.5, 0.6) is 0 Å². The highest BCUT2D eigenvalue weighted by Gasteiger charge is 2.01. The van der Waals surface area contributed by atoms with Gasteiger partial charge in [-0.05, 0) is 26.1 Å². The quantitative estimate of drug-likeness (QED) is 0.509. The van der Waals surface area contributed by atoms with Gasteiger partial charge in [-0.25, -0.2) is 0 Å². The molecule has 0 heterocycles.